The van der Waals surface area contributed by atoms with Crippen LogP contribution in [0.15, 0.2) is 79.1 Å². The maximum absolute atomic E-state index is 13.4. The Balaban J connectivity index is 1.69. The Morgan fingerprint density at radius 1 is 0.929 bits per heavy atom. The Bertz CT molecular complexity index is 1030. The van der Waals surface area contributed by atoms with Crippen LogP contribution in [0.1, 0.15) is 24.3 Å². The molecule has 28 heavy (non-hydrogen) atoms. The van der Waals surface area contributed by atoms with E-state index in [1.165, 1.54) is 12.1 Å². The predicted molar refractivity (Wildman–Crippen MR) is 107 cm³/mol. The van der Waals surface area contributed by atoms with E-state index in [0.717, 1.165) is 33.6 Å². The summed E-state index contributed by atoms with van der Waals surface area (Å²) in [4.78, 5) is 4.11. The Hall–Kier alpha value is -3.31. The van der Waals surface area contributed by atoms with Crippen LogP contribution in [0.2, 0.25) is 0 Å². The zero-order valence-corrected chi connectivity index (χ0v) is 15.5. The van der Waals surface area contributed by atoms with Gasteiger partial charge in [-0.2, -0.15) is 5.10 Å². The number of aromatic amines is 1. The Kier molecular flexibility index (Phi) is 5.26. The summed E-state index contributed by atoms with van der Waals surface area (Å²) in [6.07, 6.45) is 3.29. The van der Waals surface area contributed by atoms with Crippen molar-refractivity contribution in [3.8, 4) is 22.4 Å². The molecule has 0 amide bonds. The third-order valence-corrected chi connectivity index (χ3v) is 4.63. The van der Waals surface area contributed by atoms with Crippen LogP contribution in [-0.4, -0.2) is 15.2 Å². The van der Waals surface area contributed by atoms with Crippen LogP contribution in [0.3, 0.4) is 0 Å². The summed E-state index contributed by atoms with van der Waals surface area (Å²) in [6.45, 7) is 2.50. The number of pyridine rings is 1. The quantitative estimate of drug-likeness (QED) is 0.482. The van der Waals surface area contributed by atoms with Gasteiger partial charge in [-0.3, -0.25) is 10.1 Å². The Labute approximate surface area is 163 Å². The van der Waals surface area contributed by atoms with Crippen LogP contribution in [0.4, 0.5) is 4.39 Å². The van der Waals surface area contributed by atoms with E-state index in [9.17, 15) is 4.39 Å². The van der Waals surface area contributed by atoms with Gasteiger partial charge in [-0.15, -0.1) is 0 Å². The lowest BCUT2D eigenvalue weighted by molar-refractivity contribution is 0.0501. The number of H-pyrrole nitrogens is 1. The molecule has 4 aromatic rings. The minimum Gasteiger partial charge on any atom is -0.368 e. The molecule has 0 saturated carbocycles. The second kappa shape index (κ2) is 8.15. The molecule has 5 heteroatoms. The zero-order chi connectivity index (χ0) is 19.3. The first-order chi connectivity index (χ1) is 13.7. The predicted octanol–water partition coefficient (Wildman–Crippen LogP) is 5.56. The van der Waals surface area contributed by atoms with Gasteiger partial charge in [0.15, 0.2) is 0 Å². The highest BCUT2D eigenvalue weighted by molar-refractivity contribution is 5.82. The van der Waals surface area contributed by atoms with Crippen LogP contribution >= 0.6 is 0 Å². The summed E-state index contributed by atoms with van der Waals surface area (Å²) in [7, 11) is 0. The number of benzene rings is 2. The van der Waals surface area contributed by atoms with E-state index in [0.29, 0.717) is 6.61 Å². The van der Waals surface area contributed by atoms with E-state index in [4.69, 9.17) is 4.74 Å². The van der Waals surface area contributed by atoms with Gasteiger partial charge in [0.05, 0.1) is 18.4 Å². The molecule has 0 aliphatic heterocycles. The van der Waals surface area contributed by atoms with Crippen molar-refractivity contribution >= 4 is 0 Å². The third kappa shape index (κ3) is 3.85. The van der Waals surface area contributed by atoms with E-state index < -0.39 is 0 Å². The van der Waals surface area contributed by atoms with E-state index in [2.05, 4.69) is 15.2 Å². The number of rotatable bonds is 6. The summed E-state index contributed by atoms with van der Waals surface area (Å²) >= 11 is 0. The van der Waals surface area contributed by atoms with Crippen LogP contribution in [-0.2, 0) is 11.3 Å². The highest BCUT2D eigenvalue weighted by Crippen LogP contribution is 2.36. The van der Waals surface area contributed by atoms with Gasteiger partial charge < -0.3 is 4.74 Å². The SMILES string of the molecule is CC(OCc1ccccc1)c1[nH]nc(-c2ccc(F)cc2)c1-c1ccncc1. The molecule has 0 saturated heterocycles. The van der Waals surface area contributed by atoms with Crippen molar-refractivity contribution in [3.05, 3.63) is 96.2 Å². The molecule has 0 aliphatic rings. The third-order valence-electron chi connectivity index (χ3n) is 4.63. The first-order valence-corrected chi connectivity index (χ1v) is 9.12. The van der Waals surface area contributed by atoms with E-state index >= 15 is 0 Å². The molecule has 0 bridgehead atoms. The fraction of sp³-hybridized carbons (Fsp3) is 0.130. The van der Waals surface area contributed by atoms with Crippen molar-refractivity contribution in [2.45, 2.75) is 19.6 Å². The van der Waals surface area contributed by atoms with Gasteiger partial charge in [0.1, 0.15) is 11.5 Å². The molecular formula is C23H20FN3O. The van der Waals surface area contributed by atoms with Gasteiger partial charge in [-0.1, -0.05) is 30.3 Å². The van der Waals surface area contributed by atoms with E-state index in [1.807, 2.05) is 49.4 Å². The molecule has 0 fully saturated rings. The normalized spacial score (nSPS) is 12.1. The minimum atomic E-state index is -0.274. The zero-order valence-electron chi connectivity index (χ0n) is 15.5. The van der Waals surface area contributed by atoms with Crippen molar-refractivity contribution in [1.29, 1.82) is 0 Å². The van der Waals surface area contributed by atoms with Crippen molar-refractivity contribution < 1.29 is 9.13 Å². The average molecular weight is 373 g/mol. The number of halogens is 1. The molecule has 1 atom stereocenters. The number of nitrogens with zero attached hydrogens (tertiary/aromatic N) is 2. The molecule has 2 aromatic carbocycles. The first-order valence-electron chi connectivity index (χ1n) is 9.12. The molecule has 1 unspecified atom stereocenters. The summed E-state index contributed by atoms with van der Waals surface area (Å²) in [5.74, 6) is -0.274. The summed E-state index contributed by atoms with van der Waals surface area (Å²) in [5.41, 5.74) is 5.50. The molecule has 2 aromatic heterocycles. The van der Waals surface area contributed by atoms with Crippen LogP contribution < -0.4 is 0 Å². The van der Waals surface area contributed by atoms with Crippen molar-refractivity contribution in [2.75, 3.05) is 0 Å². The lowest BCUT2D eigenvalue weighted by atomic mass is 9.98. The smallest absolute Gasteiger partial charge is 0.123 e. The lowest BCUT2D eigenvalue weighted by Crippen LogP contribution is -2.02. The molecule has 0 spiro atoms. The highest BCUT2D eigenvalue weighted by atomic mass is 19.1. The number of ether oxygens (including phenoxy) is 1. The molecule has 0 aliphatic carbocycles. The largest absolute Gasteiger partial charge is 0.368 e. The van der Waals surface area contributed by atoms with Gasteiger partial charge in [0, 0.05) is 23.5 Å². The number of hydrogen-bond donors (Lipinski definition) is 1. The fourth-order valence-corrected chi connectivity index (χ4v) is 3.16. The van der Waals surface area contributed by atoms with Gasteiger partial charge >= 0.3 is 0 Å². The van der Waals surface area contributed by atoms with Crippen molar-refractivity contribution in [1.82, 2.24) is 15.2 Å². The van der Waals surface area contributed by atoms with Gasteiger partial charge in [-0.05, 0) is 54.4 Å². The van der Waals surface area contributed by atoms with Crippen LogP contribution in [0.5, 0.6) is 0 Å². The molecule has 4 rings (SSSR count). The maximum atomic E-state index is 13.4. The molecule has 4 nitrogen and oxygen atoms in total. The topological polar surface area (TPSA) is 50.8 Å². The van der Waals surface area contributed by atoms with Crippen LogP contribution in [0.25, 0.3) is 22.4 Å². The van der Waals surface area contributed by atoms with Crippen LogP contribution in [0, 0.1) is 5.82 Å². The Morgan fingerprint density at radius 2 is 1.64 bits per heavy atom. The number of aromatic nitrogens is 3. The molecule has 1 N–H and O–H groups in total. The summed E-state index contributed by atoms with van der Waals surface area (Å²) < 4.78 is 19.5. The lowest BCUT2D eigenvalue weighted by Gasteiger charge is -2.14. The number of nitrogens with one attached hydrogen (secondary N) is 1. The monoisotopic (exact) mass is 373 g/mol. The van der Waals surface area contributed by atoms with Gasteiger partial charge in [0.25, 0.3) is 0 Å². The first kappa shape index (κ1) is 18.1. The summed E-state index contributed by atoms with van der Waals surface area (Å²) in [6, 6.07) is 20.3. The van der Waals surface area contributed by atoms with Crippen molar-refractivity contribution in [2.24, 2.45) is 0 Å². The molecule has 0 radical (unpaired) electrons. The maximum Gasteiger partial charge on any atom is 0.123 e. The second-order valence-electron chi connectivity index (χ2n) is 6.54. The standard InChI is InChI=1S/C23H20FN3O/c1-16(28-15-17-5-3-2-4-6-17)22-21(18-11-13-25-14-12-18)23(27-26-22)19-7-9-20(24)10-8-19/h2-14,16H,15H2,1H3,(H,26,27). The fourth-order valence-electron chi connectivity index (χ4n) is 3.16. The van der Waals surface area contributed by atoms with E-state index in [1.54, 1.807) is 24.5 Å². The molecule has 140 valence electrons. The van der Waals surface area contributed by atoms with Crippen molar-refractivity contribution in [3.63, 3.8) is 0 Å². The minimum absolute atomic E-state index is 0.204. The van der Waals surface area contributed by atoms with E-state index in [-0.39, 0.29) is 11.9 Å². The number of hydrogen-bond acceptors (Lipinski definition) is 3. The highest BCUT2D eigenvalue weighted by Gasteiger charge is 2.21. The molecule has 2 heterocycles. The molecular weight excluding hydrogens is 353 g/mol. The Morgan fingerprint density at radius 3 is 2.36 bits per heavy atom. The van der Waals surface area contributed by atoms with Gasteiger partial charge in [-0.25, -0.2) is 4.39 Å². The average Bonchev–Trinajstić information content (AvgIpc) is 3.19. The second-order valence-corrected chi connectivity index (χ2v) is 6.54. The summed E-state index contributed by atoms with van der Waals surface area (Å²) in [5, 5.41) is 7.65. The van der Waals surface area contributed by atoms with Gasteiger partial charge in [0.2, 0.25) is 0 Å².